The Morgan fingerprint density at radius 2 is 1.76 bits per heavy atom. The van der Waals surface area contributed by atoms with Crippen LogP contribution < -0.4 is 0 Å². The van der Waals surface area contributed by atoms with Crippen molar-refractivity contribution in [2.24, 2.45) is 5.92 Å². The molecule has 0 aliphatic rings. The van der Waals surface area contributed by atoms with Crippen LogP contribution in [0.25, 0.3) is 11.1 Å². The summed E-state index contributed by atoms with van der Waals surface area (Å²) in [5.74, 6) is 0.265. The van der Waals surface area contributed by atoms with E-state index in [-0.39, 0.29) is 11.7 Å². The Morgan fingerprint density at radius 1 is 1.12 bits per heavy atom. The lowest BCUT2D eigenvalue weighted by atomic mass is 9.83. The largest absolute Gasteiger partial charge is 0.507 e. The number of esters is 1. The molecule has 0 spiro atoms. The molecule has 25 heavy (non-hydrogen) atoms. The number of benzene rings is 2. The lowest BCUT2D eigenvalue weighted by Crippen LogP contribution is -2.13. The first kappa shape index (κ1) is 19.0. The third-order valence-corrected chi connectivity index (χ3v) is 4.44. The fourth-order valence-corrected chi connectivity index (χ4v) is 3.38. The van der Waals surface area contributed by atoms with Gasteiger partial charge >= 0.3 is 5.97 Å². The molecule has 0 fully saturated rings. The standard InChI is InChI=1S/C22H28O3/c1-6-17-18(13-14(3)4)21(23)15(5)19(22(24)25-7-2)20(17)16-11-9-8-10-12-16/h8-12,14,23H,6-7,13H2,1-5H3. The average molecular weight is 340 g/mol. The van der Waals surface area contributed by atoms with Crippen molar-refractivity contribution < 1.29 is 14.6 Å². The van der Waals surface area contributed by atoms with Gasteiger partial charge < -0.3 is 9.84 Å². The third-order valence-electron chi connectivity index (χ3n) is 4.44. The maximum atomic E-state index is 12.7. The molecule has 2 aromatic rings. The Morgan fingerprint density at radius 3 is 2.28 bits per heavy atom. The van der Waals surface area contributed by atoms with Gasteiger partial charge in [0, 0.05) is 11.1 Å². The minimum atomic E-state index is -0.375. The third kappa shape index (κ3) is 3.87. The summed E-state index contributed by atoms with van der Waals surface area (Å²) in [4.78, 5) is 12.7. The first-order valence-corrected chi connectivity index (χ1v) is 9.02. The molecule has 3 nitrogen and oxygen atoms in total. The minimum Gasteiger partial charge on any atom is -0.507 e. The van der Waals surface area contributed by atoms with Gasteiger partial charge in [0.2, 0.25) is 0 Å². The monoisotopic (exact) mass is 340 g/mol. The smallest absolute Gasteiger partial charge is 0.339 e. The summed E-state index contributed by atoms with van der Waals surface area (Å²) in [5, 5.41) is 10.8. The lowest BCUT2D eigenvalue weighted by molar-refractivity contribution is 0.0526. The first-order chi connectivity index (χ1) is 11.9. The molecule has 0 heterocycles. The van der Waals surface area contributed by atoms with Crippen molar-refractivity contribution >= 4 is 5.97 Å². The molecule has 0 aromatic heterocycles. The zero-order chi connectivity index (χ0) is 18.6. The molecule has 3 heteroatoms. The second-order valence-electron chi connectivity index (χ2n) is 6.72. The second-order valence-corrected chi connectivity index (χ2v) is 6.72. The Kier molecular flexibility index (Phi) is 6.24. The summed E-state index contributed by atoms with van der Waals surface area (Å²) < 4.78 is 5.30. The fourth-order valence-electron chi connectivity index (χ4n) is 3.38. The molecule has 0 amide bonds. The molecule has 0 saturated heterocycles. The first-order valence-electron chi connectivity index (χ1n) is 9.02. The molecule has 0 aliphatic carbocycles. The number of carbonyl (C=O) groups excluding carboxylic acids is 1. The molecule has 0 atom stereocenters. The van der Waals surface area contributed by atoms with E-state index in [2.05, 4.69) is 20.8 Å². The number of rotatable bonds is 6. The number of hydrogen-bond donors (Lipinski definition) is 1. The predicted molar refractivity (Wildman–Crippen MR) is 102 cm³/mol. The molecule has 0 saturated carbocycles. The van der Waals surface area contributed by atoms with Crippen molar-refractivity contribution in [3.63, 3.8) is 0 Å². The van der Waals surface area contributed by atoms with Gasteiger partial charge in [-0.15, -0.1) is 0 Å². The maximum absolute atomic E-state index is 12.7. The van der Waals surface area contributed by atoms with Crippen LogP contribution in [0.5, 0.6) is 5.75 Å². The van der Waals surface area contributed by atoms with E-state index in [0.717, 1.165) is 35.1 Å². The van der Waals surface area contributed by atoms with Crippen LogP contribution in [0.15, 0.2) is 30.3 Å². The van der Waals surface area contributed by atoms with Gasteiger partial charge in [0.15, 0.2) is 0 Å². The summed E-state index contributed by atoms with van der Waals surface area (Å²) in [6.45, 7) is 10.2. The topological polar surface area (TPSA) is 46.5 Å². The van der Waals surface area contributed by atoms with Crippen LogP contribution in [-0.2, 0) is 17.6 Å². The SMILES string of the molecule is CCOC(=O)c1c(C)c(O)c(CC(C)C)c(CC)c1-c1ccccc1. The number of phenolic OH excluding ortho intramolecular Hbond substituents is 1. The average Bonchev–Trinajstić information content (AvgIpc) is 2.59. The van der Waals surface area contributed by atoms with E-state index in [0.29, 0.717) is 23.7 Å². The van der Waals surface area contributed by atoms with E-state index in [1.807, 2.05) is 30.3 Å². The van der Waals surface area contributed by atoms with Gasteiger partial charge in [-0.25, -0.2) is 4.79 Å². The summed E-state index contributed by atoms with van der Waals surface area (Å²) in [6, 6.07) is 9.91. The molecule has 2 rings (SSSR count). The van der Waals surface area contributed by atoms with Crippen molar-refractivity contribution in [1.82, 2.24) is 0 Å². The highest BCUT2D eigenvalue weighted by atomic mass is 16.5. The van der Waals surface area contributed by atoms with Crippen LogP contribution in [0, 0.1) is 12.8 Å². The normalized spacial score (nSPS) is 11.0. The Bertz CT molecular complexity index is 746. The molecule has 1 N–H and O–H groups in total. The van der Waals surface area contributed by atoms with Gasteiger partial charge in [-0.3, -0.25) is 0 Å². The van der Waals surface area contributed by atoms with Crippen molar-refractivity contribution in [1.29, 1.82) is 0 Å². The number of ether oxygens (including phenoxy) is 1. The fraction of sp³-hybridized carbons (Fsp3) is 0.409. The molecule has 0 aliphatic heterocycles. The van der Waals surface area contributed by atoms with Crippen LogP contribution in [0.3, 0.4) is 0 Å². The van der Waals surface area contributed by atoms with E-state index in [4.69, 9.17) is 4.74 Å². The van der Waals surface area contributed by atoms with E-state index >= 15 is 0 Å². The molecule has 2 aromatic carbocycles. The molecular weight excluding hydrogens is 312 g/mol. The summed E-state index contributed by atoms with van der Waals surface area (Å²) in [5.41, 5.74) is 4.94. The molecular formula is C22H28O3. The van der Waals surface area contributed by atoms with Gasteiger partial charge in [0.1, 0.15) is 5.75 Å². The van der Waals surface area contributed by atoms with Crippen LogP contribution in [0.4, 0.5) is 0 Å². The number of hydrogen-bond acceptors (Lipinski definition) is 3. The van der Waals surface area contributed by atoms with E-state index < -0.39 is 0 Å². The summed E-state index contributed by atoms with van der Waals surface area (Å²) in [6.07, 6.45) is 1.52. The molecule has 0 unspecified atom stereocenters. The zero-order valence-electron chi connectivity index (χ0n) is 15.8. The van der Waals surface area contributed by atoms with Crippen molar-refractivity contribution in [3.8, 4) is 16.9 Å². The van der Waals surface area contributed by atoms with Gasteiger partial charge in [0.05, 0.1) is 12.2 Å². The highest BCUT2D eigenvalue weighted by molar-refractivity contribution is 6.01. The van der Waals surface area contributed by atoms with Gasteiger partial charge in [0.25, 0.3) is 0 Å². The zero-order valence-corrected chi connectivity index (χ0v) is 15.8. The van der Waals surface area contributed by atoms with Gasteiger partial charge in [-0.1, -0.05) is 51.1 Å². The predicted octanol–water partition coefficient (Wildman–Crippen LogP) is 5.31. The van der Waals surface area contributed by atoms with E-state index in [1.54, 1.807) is 13.8 Å². The summed E-state index contributed by atoms with van der Waals surface area (Å²) in [7, 11) is 0. The second kappa shape index (κ2) is 8.19. The van der Waals surface area contributed by atoms with E-state index in [1.165, 1.54) is 0 Å². The quantitative estimate of drug-likeness (QED) is 0.725. The van der Waals surface area contributed by atoms with Crippen LogP contribution in [-0.4, -0.2) is 17.7 Å². The number of carbonyl (C=O) groups is 1. The Hall–Kier alpha value is -2.29. The van der Waals surface area contributed by atoms with Crippen LogP contribution >= 0.6 is 0 Å². The molecule has 0 radical (unpaired) electrons. The Labute approximate surface area is 150 Å². The maximum Gasteiger partial charge on any atom is 0.339 e. The van der Waals surface area contributed by atoms with Gasteiger partial charge in [-0.05, 0) is 49.3 Å². The number of phenols is 1. The van der Waals surface area contributed by atoms with E-state index in [9.17, 15) is 9.90 Å². The Balaban J connectivity index is 2.87. The van der Waals surface area contributed by atoms with Crippen LogP contribution in [0.2, 0.25) is 0 Å². The lowest BCUT2D eigenvalue weighted by Gasteiger charge is -2.23. The van der Waals surface area contributed by atoms with Crippen molar-refractivity contribution in [3.05, 3.63) is 52.6 Å². The highest BCUT2D eigenvalue weighted by Crippen LogP contribution is 2.40. The van der Waals surface area contributed by atoms with Gasteiger partial charge in [-0.2, -0.15) is 0 Å². The van der Waals surface area contributed by atoms with Crippen molar-refractivity contribution in [2.75, 3.05) is 6.61 Å². The van der Waals surface area contributed by atoms with Crippen molar-refractivity contribution in [2.45, 2.75) is 47.5 Å². The van der Waals surface area contributed by atoms with Crippen LogP contribution in [0.1, 0.15) is 54.7 Å². The summed E-state index contributed by atoms with van der Waals surface area (Å²) >= 11 is 0. The molecule has 0 bridgehead atoms. The highest BCUT2D eigenvalue weighted by Gasteiger charge is 2.26. The number of aromatic hydroxyl groups is 1. The molecule has 134 valence electrons. The minimum absolute atomic E-state index is 0.230.